The van der Waals surface area contributed by atoms with Crippen LogP contribution in [0.4, 0.5) is 0 Å². The van der Waals surface area contributed by atoms with Crippen molar-refractivity contribution in [3.8, 4) is 5.75 Å². The third-order valence-electron chi connectivity index (χ3n) is 3.60. The van der Waals surface area contributed by atoms with Crippen molar-refractivity contribution in [2.75, 3.05) is 27.3 Å². The second-order valence-corrected chi connectivity index (χ2v) is 4.73. The molecular weight excluding hydrogens is 254 g/mol. The van der Waals surface area contributed by atoms with Crippen LogP contribution in [-0.2, 0) is 9.53 Å². The number of carbonyl (C=O) groups excluding carboxylic acids is 1. The summed E-state index contributed by atoms with van der Waals surface area (Å²) in [5.41, 5.74) is 1.18. The molecule has 0 unspecified atom stereocenters. The Hall–Kier alpha value is -1.55. The fraction of sp³-hybridized carbons (Fsp3) is 0.562. The molecule has 0 aliphatic heterocycles. The molecule has 0 aromatic heterocycles. The van der Waals surface area contributed by atoms with Crippen molar-refractivity contribution in [2.24, 2.45) is 0 Å². The first-order valence-electron chi connectivity index (χ1n) is 7.07. The fourth-order valence-electron chi connectivity index (χ4n) is 2.36. The Labute approximate surface area is 121 Å². The van der Waals surface area contributed by atoms with Crippen LogP contribution >= 0.6 is 0 Å². The van der Waals surface area contributed by atoms with E-state index in [1.807, 2.05) is 18.2 Å². The number of carbonyl (C=O) groups is 1. The van der Waals surface area contributed by atoms with Gasteiger partial charge in [-0.15, -0.1) is 0 Å². The van der Waals surface area contributed by atoms with Gasteiger partial charge in [0.25, 0.3) is 0 Å². The lowest BCUT2D eigenvalue weighted by Gasteiger charge is -2.29. The van der Waals surface area contributed by atoms with E-state index in [1.165, 1.54) is 12.7 Å². The molecule has 0 aliphatic rings. The summed E-state index contributed by atoms with van der Waals surface area (Å²) >= 11 is 0. The number of methoxy groups -OCH3 is 2. The van der Waals surface area contributed by atoms with Crippen molar-refractivity contribution in [1.82, 2.24) is 4.90 Å². The third kappa shape index (κ3) is 4.53. The van der Waals surface area contributed by atoms with Crippen LogP contribution in [-0.4, -0.2) is 38.2 Å². The monoisotopic (exact) mass is 279 g/mol. The van der Waals surface area contributed by atoms with Crippen LogP contribution in [0.25, 0.3) is 0 Å². The summed E-state index contributed by atoms with van der Waals surface area (Å²) in [6.45, 7) is 6.09. The maximum Gasteiger partial charge on any atom is 0.305 e. The highest BCUT2D eigenvalue weighted by atomic mass is 16.5. The van der Waals surface area contributed by atoms with Crippen LogP contribution in [0.15, 0.2) is 24.3 Å². The molecule has 0 saturated heterocycles. The highest BCUT2D eigenvalue weighted by Crippen LogP contribution is 2.28. The van der Waals surface area contributed by atoms with E-state index in [-0.39, 0.29) is 12.0 Å². The average Bonchev–Trinajstić information content (AvgIpc) is 2.50. The van der Waals surface area contributed by atoms with Gasteiger partial charge in [0.15, 0.2) is 0 Å². The van der Waals surface area contributed by atoms with Gasteiger partial charge in [0, 0.05) is 18.0 Å². The van der Waals surface area contributed by atoms with Gasteiger partial charge in [-0.2, -0.15) is 0 Å². The van der Waals surface area contributed by atoms with Gasteiger partial charge >= 0.3 is 5.97 Å². The number of benzene rings is 1. The van der Waals surface area contributed by atoms with E-state index >= 15 is 0 Å². The Morgan fingerprint density at radius 2 is 2.00 bits per heavy atom. The van der Waals surface area contributed by atoms with Crippen molar-refractivity contribution in [3.63, 3.8) is 0 Å². The van der Waals surface area contributed by atoms with Gasteiger partial charge in [0.2, 0.25) is 0 Å². The molecular formula is C16H25NO3. The van der Waals surface area contributed by atoms with Crippen molar-refractivity contribution < 1.29 is 14.3 Å². The number of hydrogen-bond donors (Lipinski definition) is 0. The second-order valence-electron chi connectivity index (χ2n) is 4.73. The maximum absolute atomic E-state index is 11.2. The minimum atomic E-state index is -0.147. The Kier molecular flexibility index (Phi) is 7.09. The SMILES string of the molecule is CCN(CCCC(=O)OC)[C@@H](C)c1ccccc1OC. The van der Waals surface area contributed by atoms with Crippen molar-refractivity contribution in [3.05, 3.63) is 29.8 Å². The summed E-state index contributed by atoms with van der Waals surface area (Å²) in [5, 5.41) is 0. The average molecular weight is 279 g/mol. The maximum atomic E-state index is 11.2. The lowest BCUT2D eigenvalue weighted by Crippen LogP contribution is -2.28. The highest BCUT2D eigenvalue weighted by Gasteiger charge is 2.17. The molecule has 0 spiro atoms. The Morgan fingerprint density at radius 3 is 2.60 bits per heavy atom. The zero-order valence-corrected chi connectivity index (χ0v) is 12.9. The molecule has 1 aromatic carbocycles. The van der Waals surface area contributed by atoms with E-state index in [4.69, 9.17) is 4.74 Å². The molecule has 1 atom stereocenters. The van der Waals surface area contributed by atoms with Gasteiger partial charge in [-0.1, -0.05) is 25.1 Å². The lowest BCUT2D eigenvalue weighted by molar-refractivity contribution is -0.140. The number of hydrogen-bond acceptors (Lipinski definition) is 4. The van der Waals surface area contributed by atoms with E-state index in [0.717, 1.165) is 25.3 Å². The molecule has 4 nitrogen and oxygen atoms in total. The molecule has 0 radical (unpaired) electrons. The largest absolute Gasteiger partial charge is 0.496 e. The van der Waals surface area contributed by atoms with Gasteiger partial charge in [-0.05, 0) is 32.5 Å². The van der Waals surface area contributed by atoms with Gasteiger partial charge in [-0.25, -0.2) is 0 Å². The van der Waals surface area contributed by atoms with Crippen molar-refractivity contribution in [2.45, 2.75) is 32.7 Å². The van der Waals surface area contributed by atoms with Crippen molar-refractivity contribution >= 4 is 5.97 Å². The molecule has 112 valence electrons. The molecule has 4 heteroatoms. The Morgan fingerprint density at radius 1 is 1.30 bits per heavy atom. The van der Waals surface area contributed by atoms with Crippen LogP contribution < -0.4 is 4.74 Å². The summed E-state index contributed by atoms with van der Waals surface area (Å²) in [7, 11) is 3.12. The predicted octanol–water partition coefficient (Wildman–Crippen LogP) is 3.03. The molecule has 0 aliphatic carbocycles. The molecule has 0 heterocycles. The first-order valence-corrected chi connectivity index (χ1v) is 7.07. The van der Waals surface area contributed by atoms with Gasteiger partial charge in [0.05, 0.1) is 14.2 Å². The van der Waals surface area contributed by atoms with E-state index in [0.29, 0.717) is 6.42 Å². The summed E-state index contributed by atoms with van der Waals surface area (Å²) in [6.07, 6.45) is 1.27. The van der Waals surface area contributed by atoms with E-state index < -0.39 is 0 Å². The number of rotatable bonds is 8. The predicted molar refractivity (Wildman–Crippen MR) is 79.9 cm³/mol. The van der Waals surface area contributed by atoms with E-state index in [1.54, 1.807) is 7.11 Å². The first-order chi connectivity index (χ1) is 9.63. The van der Waals surface area contributed by atoms with Crippen LogP contribution in [0.3, 0.4) is 0 Å². The fourth-order valence-corrected chi connectivity index (χ4v) is 2.36. The standard InChI is InChI=1S/C16H25NO3/c1-5-17(12-8-11-16(18)20-4)13(2)14-9-6-7-10-15(14)19-3/h6-7,9-10,13H,5,8,11-12H2,1-4H3/t13-/m0/s1. The molecule has 0 bridgehead atoms. The van der Waals surface area contributed by atoms with Crippen LogP contribution in [0.1, 0.15) is 38.3 Å². The first kappa shape index (κ1) is 16.5. The lowest BCUT2D eigenvalue weighted by atomic mass is 10.1. The van der Waals surface area contributed by atoms with Crippen molar-refractivity contribution in [1.29, 1.82) is 0 Å². The van der Waals surface area contributed by atoms with Gasteiger partial charge < -0.3 is 9.47 Å². The van der Waals surface area contributed by atoms with E-state index in [9.17, 15) is 4.79 Å². The third-order valence-corrected chi connectivity index (χ3v) is 3.60. The Bertz CT molecular complexity index is 420. The molecule has 1 rings (SSSR count). The number of ether oxygens (including phenoxy) is 2. The minimum absolute atomic E-state index is 0.147. The number of nitrogens with zero attached hydrogens (tertiary/aromatic N) is 1. The summed E-state index contributed by atoms with van der Waals surface area (Å²) in [6, 6.07) is 8.33. The van der Waals surface area contributed by atoms with E-state index in [2.05, 4.69) is 29.6 Å². The number of esters is 1. The summed E-state index contributed by atoms with van der Waals surface area (Å²) in [5.74, 6) is 0.761. The molecule has 0 amide bonds. The van der Waals surface area contributed by atoms with Crippen LogP contribution in [0.5, 0.6) is 5.75 Å². The summed E-state index contributed by atoms with van der Waals surface area (Å²) < 4.78 is 10.1. The zero-order valence-electron chi connectivity index (χ0n) is 12.9. The normalized spacial score (nSPS) is 12.2. The molecule has 0 fully saturated rings. The molecule has 0 saturated carbocycles. The molecule has 20 heavy (non-hydrogen) atoms. The topological polar surface area (TPSA) is 38.8 Å². The minimum Gasteiger partial charge on any atom is -0.496 e. The highest BCUT2D eigenvalue weighted by molar-refractivity contribution is 5.69. The van der Waals surface area contributed by atoms with Gasteiger partial charge in [0.1, 0.15) is 5.75 Å². The molecule has 0 N–H and O–H groups in total. The Balaban J connectivity index is 2.66. The van der Waals surface area contributed by atoms with Gasteiger partial charge in [-0.3, -0.25) is 9.69 Å². The quantitative estimate of drug-likeness (QED) is 0.686. The van der Waals surface area contributed by atoms with Crippen LogP contribution in [0, 0.1) is 0 Å². The smallest absolute Gasteiger partial charge is 0.305 e. The zero-order chi connectivity index (χ0) is 15.0. The summed E-state index contributed by atoms with van der Waals surface area (Å²) in [4.78, 5) is 13.5. The second kappa shape index (κ2) is 8.59. The van der Waals surface area contributed by atoms with Crippen LogP contribution in [0.2, 0.25) is 0 Å². The molecule has 1 aromatic rings. The number of para-hydroxylation sites is 1.